The van der Waals surface area contributed by atoms with E-state index in [0.29, 0.717) is 5.92 Å². The fourth-order valence-corrected chi connectivity index (χ4v) is 3.54. The van der Waals surface area contributed by atoms with Crippen LogP contribution in [0.3, 0.4) is 0 Å². The van der Waals surface area contributed by atoms with E-state index in [9.17, 15) is 0 Å². The van der Waals surface area contributed by atoms with Gasteiger partial charge in [0.2, 0.25) is 0 Å². The number of rotatable bonds is 2. The van der Waals surface area contributed by atoms with Gasteiger partial charge in [0.05, 0.1) is 7.11 Å². The molecule has 0 amide bonds. The summed E-state index contributed by atoms with van der Waals surface area (Å²) in [7, 11) is 1.72. The summed E-state index contributed by atoms with van der Waals surface area (Å²) in [6.45, 7) is 0. The van der Waals surface area contributed by atoms with Crippen molar-refractivity contribution in [3.63, 3.8) is 0 Å². The average molecular weight is 277 g/mol. The molecule has 0 saturated heterocycles. The van der Waals surface area contributed by atoms with Crippen molar-refractivity contribution in [1.29, 1.82) is 0 Å². The van der Waals surface area contributed by atoms with Gasteiger partial charge >= 0.3 is 0 Å². The Hall–Kier alpha value is -2.22. The minimum absolute atomic E-state index is 0.639. The summed E-state index contributed by atoms with van der Waals surface area (Å²) in [6, 6.07) is 17.2. The molecule has 0 aliphatic heterocycles. The van der Waals surface area contributed by atoms with Crippen LogP contribution in [0.5, 0.6) is 5.75 Å². The molecular weight excluding hydrogens is 258 g/mol. The highest BCUT2D eigenvalue weighted by molar-refractivity contribution is 5.86. The number of hydrogen-bond acceptors (Lipinski definition) is 1. The number of aromatic amines is 1. The van der Waals surface area contributed by atoms with Gasteiger partial charge in [-0.15, -0.1) is 0 Å². The summed E-state index contributed by atoms with van der Waals surface area (Å²) in [5, 5.41) is 1.35. The lowest BCUT2D eigenvalue weighted by Crippen LogP contribution is -2.11. The van der Waals surface area contributed by atoms with Crippen molar-refractivity contribution >= 4 is 10.9 Å². The summed E-state index contributed by atoms with van der Waals surface area (Å²) >= 11 is 0. The number of methoxy groups -OCH3 is 1. The van der Waals surface area contributed by atoms with Gasteiger partial charge < -0.3 is 9.72 Å². The van der Waals surface area contributed by atoms with E-state index < -0.39 is 0 Å². The average Bonchev–Trinajstić information content (AvgIpc) is 2.92. The third-order valence-electron chi connectivity index (χ3n) is 4.67. The van der Waals surface area contributed by atoms with Crippen LogP contribution in [0.25, 0.3) is 10.9 Å². The molecular formula is C19H19NO. The zero-order valence-corrected chi connectivity index (χ0v) is 12.2. The smallest absolute Gasteiger partial charge is 0.120 e. The number of aryl methyl sites for hydroxylation is 1. The highest BCUT2D eigenvalue weighted by atomic mass is 16.5. The molecule has 1 N–H and O–H groups in total. The summed E-state index contributed by atoms with van der Waals surface area (Å²) in [5.74, 6) is 1.56. The third kappa shape index (κ3) is 2.11. The first kappa shape index (κ1) is 12.5. The van der Waals surface area contributed by atoms with Gasteiger partial charge in [0.15, 0.2) is 0 Å². The lowest BCUT2D eigenvalue weighted by molar-refractivity contribution is 0.415. The molecule has 21 heavy (non-hydrogen) atoms. The Morgan fingerprint density at radius 2 is 1.95 bits per heavy atom. The molecule has 1 aromatic heterocycles. The van der Waals surface area contributed by atoms with Crippen LogP contribution >= 0.6 is 0 Å². The van der Waals surface area contributed by atoms with Gasteiger partial charge in [-0.3, -0.25) is 0 Å². The Morgan fingerprint density at radius 3 is 2.76 bits per heavy atom. The molecule has 1 atom stereocenters. The summed E-state index contributed by atoms with van der Waals surface area (Å²) in [5.41, 5.74) is 5.57. The number of benzene rings is 2. The number of aromatic nitrogens is 1. The van der Waals surface area contributed by atoms with Gasteiger partial charge in [-0.1, -0.05) is 30.3 Å². The third-order valence-corrected chi connectivity index (χ3v) is 4.67. The largest absolute Gasteiger partial charge is 0.497 e. The zero-order valence-electron chi connectivity index (χ0n) is 12.2. The Morgan fingerprint density at radius 1 is 1.10 bits per heavy atom. The highest BCUT2D eigenvalue weighted by Gasteiger charge is 2.23. The van der Waals surface area contributed by atoms with Gasteiger partial charge in [-0.05, 0) is 48.4 Å². The van der Waals surface area contributed by atoms with Crippen molar-refractivity contribution in [1.82, 2.24) is 4.98 Å². The molecule has 2 aromatic carbocycles. The first-order valence-electron chi connectivity index (χ1n) is 7.57. The number of nitrogens with one attached hydrogen (secondary N) is 1. The van der Waals surface area contributed by atoms with Gasteiger partial charge in [0.1, 0.15) is 5.75 Å². The van der Waals surface area contributed by atoms with Crippen LogP contribution < -0.4 is 4.74 Å². The minimum Gasteiger partial charge on any atom is -0.497 e. The maximum absolute atomic E-state index is 5.32. The minimum atomic E-state index is 0.639. The van der Waals surface area contributed by atoms with Crippen LogP contribution in [0.2, 0.25) is 0 Å². The van der Waals surface area contributed by atoms with Crippen LogP contribution in [0, 0.1) is 0 Å². The van der Waals surface area contributed by atoms with E-state index in [1.165, 1.54) is 34.1 Å². The lowest BCUT2D eigenvalue weighted by Gasteiger charge is -2.22. The molecule has 3 aromatic rings. The number of ether oxygens (including phenoxy) is 1. The Bertz CT molecular complexity index is 773. The molecule has 106 valence electrons. The molecule has 0 radical (unpaired) electrons. The molecule has 0 saturated carbocycles. The lowest BCUT2D eigenvalue weighted by atomic mass is 9.82. The molecule has 0 fully saturated rings. The fraction of sp³-hybridized carbons (Fsp3) is 0.263. The molecule has 1 unspecified atom stereocenters. The maximum Gasteiger partial charge on any atom is 0.120 e. The zero-order chi connectivity index (χ0) is 14.2. The van der Waals surface area contributed by atoms with E-state index in [1.807, 2.05) is 0 Å². The molecule has 2 nitrogen and oxygen atoms in total. The predicted octanol–water partition coefficient (Wildman–Crippen LogP) is 4.45. The Balaban J connectivity index is 1.74. The van der Waals surface area contributed by atoms with Gasteiger partial charge in [0.25, 0.3) is 0 Å². The summed E-state index contributed by atoms with van der Waals surface area (Å²) in [6.07, 6.45) is 3.48. The maximum atomic E-state index is 5.32. The van der Waals surface area contributed by atoms with E-state index >= 15 is 0 Å². The van der Waals surface area contributed by atoms with Crippen molar-refractivity contribution in [2.45, 2.75) is 25.2 Å². The number of H-pyrrole nitrogens is 1. The van der Waals surface area contributed by atoms with Gasteiger partial charge in [-0.25, -0.2) is 0 Å². The molecule has 1 aliphatic carbocycles. The molecule has 0 bridgehead atoms. The summed E-state index contributed by atoms with van der Waals surface area (Å²) in [4.78, 5) is 3.58. The second-order valence-corrected chi connectivity index (χ2v) is 5.84. The van der Waals surface area contributed by atoms with E-state index in [4.69, 9.17) is 4.74 Å². The van der Waals surface area contributed by atoms with E-state index in [0.717, 1.165) is 18.6 Å². The SMILES string of the molecule is COc1ccc2c3c([nH]c2c1)CCC(c1ccccc1)C3. The molecule has 2 heteroatoms. The van der Waals surface area contributed by atoms with E-state index in [1.54, 1.807) is 7.11 Å². The fourth-order valence-electron chi connectivity index (χ4n) is 3.54. The van der Waals surface area contributed by atoms with Crippen LogP contribution in [-0.4, -0.2) is 12.1 Å². The molecule has 1 heterocycles. The quantitative estimate of drug-likeness (QED) is 0.735. The Labute approximate surface area is 124 Å². The van der Waals surface area contributed by atoms with Crippen LogP contribution in [-0.2, 0) is 12.8 Å². The topological polar surface area (TPSA) is 25.0 Å². The number of fused-ring (bicyclic) bond motifs is 3. The molecule has 1 aliphatic rings. The van der Waals surface area contributed by atoms with Crippen molar-refractivity contribution in [3.05, 3.63) is 65.4 Å². The Kier molecular flexibility index (Phi) is 2.95. The predicted molar refractivity (Wildman–Crippen MR) is 86.1 cm³/mol. The van der Waals surface area contributed by atoms with E-state index in [-0.39, 0.29) is 0 Å². The first-order valence-corrected chi connectivity index (χ1v) is 7.57. The molecule has 0 spiro atoms. The second-order valence-electron chi connectivity index (χ2n) is 5.84. The standard InChI is InChI=1S/C19H19NO/c1-21-15-8-9-16-17-11-14(13-5-3-2-4-6-13)7-10-18(17)20-19(16)12-15/h2-6,8-9,12,14,20H,7,10-11H2,1H3. The first-order chi connectivity index (χ1) is 10.3. The van der Waals surface area contributed by atoms with Crippen molar-refractivity contribution in [2.75, 3.05) is 7.11 Å². The van der Waals surface area contributed by atoms with Gasteiger partial charge in [-0.2, -0.15) is 0 Å². The number of hydrogen-bond donors (Lipinski definition) is 1. The van der Waals surface area contributed by atoms with Gasteiger partial charge in [0, 0.05) is 22.7 Å². The summed E-state index contributed by atoms with van der Waals surface area (Å²) < 4.78 is 5.32. The second kappa shape index (κ2) is 4.96. The van der Waals surface area contributed by atoms with Crippen LogP contribution in [0.1, 0.15) is 29.2 Å². The van der Waals surface area contributed by atoms with Crippen molar-refractivity contribution < 1.29 is 4.74 Å². The van der Waals surface area contributed by atoms with Crippen LogP contribution in [0.4, 0.5) is 0 Å². The van der Waals surface area contributed by atoms with E-state index in [2.05, 4.69) is 53.5 Å². The van der Waals surface area contributed by atoms with Crippen LogP contribution in [0.15, 0.2) is 48.5 Å². The molecule has 4 rings (SSSR count). The monoisotopic (exact) mass is 277 g/mol. The highest BCUT2D eigenvalue weighted by Crippen LogP contribution is 2.37. The normalized spacial score (nSPS) is 17.7. The van der Waals surface area contributed by atoms with Crippen molar-refractivity contribution in [2.24, 2.45) is 0 Å². The van der Waals surface area contributed by atoms with Crippen molar-refractivity contribution in [3.8, 4) is 5.75 Å².